The van der Waals surface area contributed by atoms with E-state index in [-0.39, 0.29) is 15.0 Å². The van der Waals surface area contributed by atoms with Crippen LogP contribution < -0.4 is 5.73 Å². The summed E-state index contributed by atoms with van der Waals surface area (Å²) in [5.74, 6) is -0.934. The predicted molar refractivity (Wildman–Crippen MR) is 61.3 cm³/mol. The van der Waals surface area contributed by atoms with Gasteiger partial charge >= 0.3 is 99.7 Å². The van der Waals surface area contributed by atoms with Gasteiger partial charge in [-0.25, -0.2) is 0 Å². The summed E-state index contributed by atoms with van der Waals surface area (Å²) in [5, 5.41) is 10.7. The molecule has 0 bridgehead atoms. The van der Waals surface area contributed by atoms with Gasteiger partial charge in [0.25, 0.3) is 0 Å². The van der Waals surface area contributed by atoms with Crippen LogP contribution in [-0.2, 0) is 10.1 Å². The van der Waals surface area contributed by atoms with Crippen molar-refractivity contribution in [3.8, 4) is 0 Å². The molecule has 0 unspecified atom stereocenters. The number of halogens is 1. The third-order valence-corrected chi connectivity index (χ3v) is 4.53. The van der Waals surface area contributed by atoms with E-state index in [1.165, 1.54) is 0 Å². The number of aliphatic carboxylic acids is 1. The first kappa shape index (κ1) is 12.5. The van der Waals surface area contributed by atoms with Gasteiger partial charge in [-0.2, -0.15) is 0 Å². The van der Waals surface area contributed by atoms with Gasteiger partial charge < -0.3 is 0 Å². The van der Waals surface area contributed by atoms with Gasteiger partial charge in [0.2, 0.25) is 0 Å². The van der Waals surface area contributed by atoms with Crippen molar-refractivity contribution in [2.75, 3.05) is 0 Å². The zero-order valence-corrected chi connectivity index (χ0v) is 10.5. The van der Waals surface area contributed by atoms with Crippen LogP contribution in [0.4, 0.5) is 0 Å². The van der Waals surface area contributed by atoms with Gasteiger partial charge in [-0.1, -0.05) is 0 Å². The molecule has 0 aliphatic carbocycles. The molecule has 1 aromatic rings. The average Bonchev–Trinajstić information content (AvgIpc) is 2.20. The first-order valence-corrected chi connectivity index (χ1v) is 7.21. The minimum atomic E-state index is -0.934. The quantitative estimate of drug-likeness (QED) is 0.806. The Morgan fingerprint density at radius 2 is 2.20 bits per heavy atom. The van der Waals surface area contributed by atoms with Gasteiger partial charge in [-0.15, -0.1) is 0 Å². The Kier molecular flexibility index (Phi) is 5.12. The fourth-order valence-corrected chi connectivity index (χ4v) is 3.43. The molecular formula is C10H12ClNO2Se. The molecule has 1 rings (SSSR count). The van der Waals surface area contributed by atoms with E-state index in [0.717, 1.165) is 15.9 Å². The Bertz CT molecular complexity index is 346. The third-order valence-electron chi connectivity index (χ3n) is 1.83. The third kappa shape index (κ3) is 4.22. The second-order valence-electron chi connectivity index (χ2n) is 3.05. The summed E-state index contributed by atoms with van der Waals surface area (Å²) in [7, 11) is 0. The Morgan fingerprint density at radius 1 is 1.53 bits per heavy atom. The van der Waals surface area contributed by atoms with Crippen LogP contribution in [0.3, 0.4) is 0 Å². The van der Waals surface area contributed by atoms with Gasteiger partial charge in [0.1, 0.15) is 0 Å². The monoisotopic (exact) mass is 293 g/mol. The van der Waals surface area contributed by atoms with E-state index in [2.05, 4.69) is 0 Å². The molecule has 1 atom stereocenters. The summed E-state index contributed by atoms with van der Waals surface area (Å²) in [6.45, 7) is 0. The Balaban J connectivity index is 2.38. The summed E-state index contributed by atoms with van der Waals surface area (Å²) < 4.78 is 0. The van der Waals surface area contributed by atoms with E-state index in [1.54, 1.807) is 0 Å². The van der Waals surface area contributed by atoms with Crippen molar-refractivity contribution in [3.05, 3.63) is 34.9 Å². The van der Waals surface area contributed by atoms with Crippen LogP contribution >= 0.6 is 11.6 Å². The predicted octanol–water partition coefficient (Wildman–Crippen LogP) is 1.37. The van der Waals surface area contributed by atoms with Crippen molar-refractivity contribution in [2.45, 2.75) is 16.7 Å². The van der Waals surface area contributed by atoms with Gasteiger partial charge in [-0.05, 0) is 0 Å². The van der Waals surface area contributed by atoms with E-state index >= 15 is 0 Å². The number of hydrogen-bond donors (Lipinski definition) is 2. The van der Waals surface area contributed by atoms with Crippen molar-refractivity contribution in [3.63, 3.8) is 0 Å². The molecule has 0 saturated carbocycles. The van der Waals surface area contributed by atoms with Crippen LogP contribution in [0, 0.1) is 0 Å². The van der Waals surface area contributed by atoms with Crippen LogP contribution in [0.2, 0.25) is 10.3 Å². The molecule has 0 radical (unpaired) electrons. The molecule has 1 aromatic carbocycles. The Hall–Kier alpha value is -0.541. The summed E-state index contributed by atoms with van der Waals surface area (Å²) in [6.07, 6.45) is 0. The number of nitrogens with two attached hydrogens (primary N) is 1. The van der Waals surface area contributed by atoms with Gasteiger partial charge in [0.05, 0.1) is 0 Å². The molecule has 15 heavy (non-hydrogen) atoms. The molecule has 0 saturated heterocycles. The van der Waals surface area contributed by atoms with Gasteiger partial charge in [0, 0.05) is 0 Å². The second-order valence-corrected chi connectivity index (χ2v) is 5.62. The average molecular weight is 293 g/mol. The van der Waals surface area contributed by atoms with Crippen molar-refractivity contribution in [1.29, 1.82) is 0 Å². The molecule has 0 aromatic heterocycles. The molecule has 0 aliphatic heterocycles. The second kappa shape index (κ2) is 6.13. The molecule has 0 fully saturated rings. The molecule has 0 spiro atoms. The van der Waals surface area contributed by atoms with E-state index in [1.807, 2.05) is 24.3 Å². The number of carboxylic acids is 1. The van der Waals surface area contributed by atoms with Crippen molar-refractivity contribution in [2.24, 2.45) is 5.73 Å². The van der Waals surface area contributed by atoms with E-state index in [0.29, 0.717) is 5.32 Å². The van der Waals surface area contributed by atoms with Crippen molar-refractivity contribution >= 4 is 32.5 Å². The van der Waals surface area contributed by atoms with Crippen LogP contribution in [-0.4, -0.2) is 32.1 Å². The summed E-state index contributed by atoms with van der Waals surface area (Å²) in [4.78, 5) is 10.5. The number of rotatable bonds is 5. The normalized spacial score (nSPS) is 12.4. The first-order valence-electron chi connectivity index (χ1n) is 4.41. The van der Waals surface area contributed by atoms with Crippen LogP contribution in [0.1, 0.15) is 5.56 Å². The van der Waals surface area contributed by atoms with E-state index in [4.69, 9.17) is 22.4 Å². The van der Waals surface area contributed by atoms with E-state index < -0.39 is 12.0 Å². The Morgan fingerprint density at radius 3 is 2.80 bits per heavy atom. The minimum absolute atomic E-state index is 0.183. The molecule has 3 nitrogen and oxygen atoms in total. The molecule has 0 heterocycles. The first-order chi connectivity index (χ1) is 7.11. The maximum absolute atomic E-state index is 10.5. The Labute approximate surface area is 99.8 Å². The fraction of sp³-hybridized carbons (Fsp3) is 0.300. The SMILES string of the molecule is N[C@@H](C[Se]Cc1ccccc1Cl)C(=O)O. The molecule has 5 heteroatoms. The summed E-state index contributed by atoms with van der Waals surface area (Å²) in [6, 6.07) is 6.85. The standard InChI is InChI=1S/C10H12ClNO2Se/c11-8-4-2-1-3-7(8)5-15-6-9(12)10(13)14/h1-4,9H,5-6,12H2,(H,13,14)/t9-/m0/s1. The van der Waals surface area contributed by atoms with E-state index in [9.17, 15) is 4.79 Å². The molecular weight excluding hydrogens is 281 g/mol. The topological polar surface area (TPSA) is 63.3 Å². The summed E-state index contributed by atoms with van der Waals surface area (Å²) >= 11 is 6.15. The van der Waals surface area contributed by atoms with Crippen molar-refractivity contribution < 1.29 is 9.90 Å². The number of hydrogen-bond acceptors (Lipinski definition) is 2. The summed E-state index contributed by atoms with van der Waals surface area (Å²) in [5.41, 5.74) is 6.47. The van der Waals surface area contributed by atoms with Crippen LogP contribution in [0.15, 0.2) is 24.3 Å². The maximum atomic E-state index is 10.5. The molecule has 0 aliphatic rings. The van der Waals surface area contributed by atoms with Gasteiger partial charge in [0.15, 0.2) is 0 Å². The zero-order chi connectivity index (χ0) is 11.3. The van der Waals surface area contributed by atoms with Gasteiger partial charge in [-0.3, -0.25) is 0 Å². The van der Waals surface area contributed by atoms with Crippen LogP contribution in [0.5, 0.6) is 0 Å². The molecule has 0 amide bonds. The van der Waals surface area contributed by atoms with Crippen molar-refractivity contribution in [1.82, 2.24) is 0 Å². The number of carboxylic acid groups (broad SMARTS) is 1. The number of carbonyl (C=O) groups is 1. The molecule has 3 N–H and O–H groups in total. The molecule has 82 valence electrons. The fourth-order valence-electron chi connectivity index (χ4n) is 0.983. The number of benzene rings is 1. The van der Waals surface area contributed by atoms with Crippen LogP contribution in [0.25, 0.3) is 0 Å². The zero-order valence-electron chi connectivity index (χ0n) is 8.02.